The van der Waals surface area contributed by atoms with Crippen LogP contribution in [0.3, 0.4) is 0 Å². The van der Waals surface area contributed by atoms with Crippen LogP contribution < -0.4 is 5.56 Å². The van der Waals surface area contributed by atoms with E-state index >= 15 is 0 Å². The molecule has 7 nitrogen and oxygen atoms in total. The molecule has 0 saturated carbocycles. The molecule has 5 rings (SSSR count). The highest BCUT2D eigenvalue weighted by atomic mass is 16.2. The van der Waals surface area contributed by atoms with E-state index in [9.17, 15) is 9.59 Å². The maximum Gasteiger partial charge on any atom is 0.275 e. The summed E-state index contributed by atoms with van der Waals surface area (Å²) in [5.74, 6) is -0.176. The van der Waals surface area contributed by atoms with Gasteiger partial charge in [0, 0.05) is 24.5 Å². The first-order valence-corrected chi connectivity index (χ1v) is 10.2. The summed E-state index contributed by atoms with van der Waals surface area (Å²) in [6.45, 7) is 1.36. The molecule has 0 saturated heterocycles. The number of benzene rings is 2. The standard InChI is InChI=1S/C24H21N5O2/c30-23-20-11-14-27(24(31)21-15-25-12-13-26-21)17-22(20)28(16-18-7-3-1-4-8-18)29(23)19-9-5-2-6-10-19/h1-10,12-13,15H,11,14,16-17H2. The average Bonchev–Trinajstić information content (AvgIpc) is 3.11. The molecule has 4 aromatic rings. The van der Waals surface area contributed by atoms with Crippen molar-refractivity contribution < 1.29 is 4.79 Å². The zero-order valence-corrected chi connectivity index (χ0v) is 16.9. The van der Waals surface area contributed by atoms with E-state index in [2.05, 4.69) is 9.97 Å². The molecular weight excluding hydrogens is 390 g/mol. The van der Waals surface area contributed by atoms with Gasteiger partial charge in [0.1, 0.15) is 5.69 Å². The van der Waals surface area contributed by atoms with Gasteiger partial charge >= 0.3 is 0 Å². The molecule has 0 N–H and O–H groups in total. The summed E-state index contributed by atoms with van der Waals surface area (Å²) in [7, 11) is 0. The first-order valence-electron chi connectivity index (χ1n) is 10.2. The lowest BCUT2D eigenvalue weighted by Crippen LogP contribution is -2.38. The molecule has 0 unspecified atom stereocenters. The van der Waals surface area contributed by atoms with E-state index < -0.39 is 0 Å². The zero-order valence-electron chi connectivity index (χ0n) is 16.9. The van der Waals surface area contributed by atoms with Crippen molar-refractivity contribution in [3.63, 3.8) is 0 Å². The molecule has 3 heterocycles. The minimum absolute atomic E-state index is 0.0243. The second-order valence-corrected chi connectivity index (χ2v) is 7.49. The number of carbonyl (C=O) groups excluding carboxylic acids is 1. The van der Waals surface area contributed by atoms with E-state index in [0.717, 1.165) is 22.5 Å². The Morgan fingerprint density at radius 1 is 0.968 bits per heavy atom. The highest BCUT2D eigenvalue weighted by Gasteiger charge is 2.30. The van der Waals surface area contributed by atoms with Gasteiger partial charge < -0.3 is 4.90 Å². The Labute approximate surface area is 179 Å². The van der Waals surface area contributed by atoms with Gasteiger partial charge in [0.2, 0.25) is 0 Å². The first-order chi connectivity index (χ1) is 15.2. The van der Waals surface area contributed by atoms with Crippen LogP contribution in [-0.4, -0.2) is 36.7 Å². The number of hydrogen-bond acceptors (Lipinski definition) is 4. The van der Waals surface area contributed by atoms with Crippen molar-refractivity contribution in [2.24, 2.45) is 0 Å². The lowest BCUT2D eigenvalue weighted by atomic mass is 10.1. The maximum absolute atomic E-state index is 13.4. The average molecular weight is 411 g/mol. The van der Waals surface area contributed by atoms with Crippen molar-refractivity contribution in [1.82, 2.24) is 24.2 Å². The van der Waals surface area contributed by atoms with Crippen LogP contribution in [0.15, 0.2) is 84.0 Å². The van der Waals surface area contributed by atoms with Gasteiger partial charge in [0.25, 0.3) is 11.5 Å². The maximum atomic E-state index is 13.4. The number of nitrogens with zero attached hydrogens (tertiary/aromatic N) is 5. The molecular formula is C24H21N5O2. The van der Waals surface area contributed by atoms with Gasteiger partial charge in [0.15, 0.2) is 0 Å². The minimum Gasteiger partial charge on any atom is -0.331 e. The van der Waals surface area contributed by atoms with Gasteiger partial charge in [-0.1, -0.05) is 48.5 Å². The Morgan fingerprint density at radius 3 is 2.42 bits per heavy atom. The lowest BCUT2D eigenvalue weighted by molar-refractivity contribution is 0.0723. The quantitative estimate of drug-likeness (QED) is 0.518. The van der Waals surface area contributed by atoms with E-state index in [-0.39, 0.29) is 11.5 Å². The van der Waals surface area contributed by atoms with E-state index in [1.807, 2.05) is 65.3 Å². The van der Waals surface area contributed by atoms with Gasteiger partial charge in [-0.15, -0.1) is 0 Å². The van der Waals surface area contributed by atoms with Gasteiger partial charge in [0.05, 0.1) is 30.7 Å². The number of para-hydroxylation sites is 1. The SMILES string of the molecule is O=C(c1cnccn1)N1CCc2c(n(Cc3ccccc3)n(-c3ccccc3)c2=O)C1. The lowest BCUT2D eigenvalue weighted by Gasteiger charge is -2.27. The highest BCUT2D eigenvalue weighted by Crippen LogP contribution is 2.22. The normalized spacial score (nSPS) is 13.1. The van der Waals surface area contributed by atoms with Gasteiger partial charge in [-0.3, -0.25) is 19.3 Å². The summed E-state index contributed by atoms with van der Waals surface area (Å²) < 4.78 is 3.73. The van der Waals surface area contributed by atoms with Gasteiger partial charge in [-0.05, 0) is 24.1 Å². The van der Waals surface area contributed by atoms with E-state index in [1.165, 1.54) is 12.4 Å². The van der Waals surface area contributed by atoms with Crippen LogP contribution in [-0.2, 0) is 19.5 Å². The Kier molecular flexibility index (Phi) is 4.92. The molecule has 1 aliphatic heterocycles. The smallest absolute Gasteiger partial charge is 0.275 e. The summed E-state index contributed by atoms with van der Waals surface area (Å²) in [6.07, 6.45) is 5.04. The Bertz CT molecular complexity index is 1260. The molecule has 0 fully saturated rings. The zero-order chi connectivity index (χ0) is 21.2. The number of aromatic nitrogens is 4. The third kappa shape index (κ3) is 3.54. The summed E-state index contributed by atoms with van der Waals surface area (Å²) in [5.41, 5.74) is 3.81. The molecule has 1 aliphatic rings. The van der Waals surface area contributed by atoms with Gasteiger partial charge in [-0.25, -0.2) is 9.67 Å². The second kappa shape index (κ2) is 8.02. The number of carbonyl (C=O) groups is 1. The molecule has 7 heteroatoms. The van der Waals surface area contributed by atoms with Crippen molar-refractivity contribution in [2.75, 3.05) is 6.54 Å². The largest absolute Gasteiger partial charge is 0.331 e. The Morgan fingerprint density at radius 2 is 1.71 bits per heavy atom. The third-order valence-corrected chi connectivity index (χ3v) is 5.57. The summed E-state index contributed by atoms with van der Waals surface area (Å²) in [5, 5.41) is 0. The fourth-order valence-corrected chi connectivity index (χ4v) is 4.07. The summed E-state index contributed by atoms with van der Waals surface area (Å²) in [4.78, 5) is 36.2. The highest BCUT2D eigenvalue weighted by molar-refractivity contribution is 5.92. The molecule has 1 amide bonds. The van der Waals surface area contributed by atoms with Crippen molar-refractivity contribution in [2.45, 2.75) is 19.5 Å². The predicted molar refractivity (Wildman–Crippen MR) is 116 cm³/mol. The molecule has 0 aliphatic carbocycles. The molecule has 31 heavy (non-hydrogen) atoms. The van der Waals surface area contributed by atoms with E-state index in [4.69, 9.17) is 0 Å². The predicted octanol–water partition coefficient (Wildman–Crippen LogP) is 2.68. The Hall–Kier alpha value is -4.00. The van der Waals surface area contributed by atoms with Crippen LogP contribution in [0.1, 0.15) is 27.3 Å². The first kappa shape index (κ1) is 19.0. The molecule has 0 atom stereocenters. The van der Waals surface area contributed by atoms with Crippen molar-refractivity contribution in [3.8, 4) is 5.69 Å². The van der Waals surface area contributed by atoms with Crippen LogP contribution in [0, 0.1) is 0 Å². The van der Waals surface area contributed by atoms with Crippen LogP contribution in [0.2, 0.25) is 0 Å². The van der Waals surface area contributed by atoms with Crippen LogP contribution in [0.4, 0.5) is 0 Å². The van der Waals surface area contributed by atoms with Crippen LogP contribution in [0.25, 0.3) is 5.69 Å². The van der Waals surface area contributed by atoms with E-state index in [0.29, 0.717) is 31.7 Å². The number of rotatable bonds is 4. The monoisotopic (exact) mass is 411 g/mol. The Balaban J connectivity index is 1.59. The summed E-state index contributed by atoms with van der Waals surface area (Å²) >= 11 is 0. The van der Waals surface area contributed by atoms with Crippen LogP contribution >= 0.6 is 0 Å². The minimum atomic E-state index is -0.176. The molecule has 0 radical (unpaired) electrons. The summed E-state index contributed by atoms with van der Waals surface area (Å²) in [6, 6.07) is 19.7. The number of amides is 1. The fraction of sp³-hybridized carbons (Fsp3) is 0.167. The fourth-order valence-electron chi connectivity index (χ4n) is 4.07. The molecule has 154 valence electrons. The van der Waals surface area contributed by atoms with E-state index in [1.54, 1.807) is 15.8 Å². The second-order valence-electron chi connectivity index (χ2n) is 7.49. The van der Waals surface area contributed by atoms with Crippen molar-refractivity contribution >= 4 is 5.91 Å². The molecule has 0 bridgehead atoms. The van der Waals surface area contributed by atoms with Crippen molar-refractivity contribution in [3.05, 3.63) is 112 Å². The van der Waals surface area contributed by atoms with Crippen LogP contribution in [0.5, 0.6) is 0 Å². The molecule has 0 spiro atoms. The number of hydrogen-bond donors (Lipinski definition) is 0. The third-order valence-electron chi connectivity index (χ3n) is 5.57. The van der Waals surface area contributed by atoms with Gasteiger partial charge in [-0.2, -0.15) is 0 Å². The number of fused-ring (bicyclic) bond motifs is 1. The van der Waals surface area contributed by atoms with Crippen molar-refractivity contribution in [1.29, 1.82) is 0 Å². The molecule has 2 aromatic carbocycles. The molecule has 2 aromatic heterocycles. The topological polar surface area (TPSA) is 73.0 Å².